The first-order valence-corrected chi connectivity index (χ1v) is 8.39. The molecule has 0 spiro atoms. The standard InChI is InChI=1S/C18H23N3O2/c19-11-16(21-18(22)17-12-20-7-2-8-23-17)10-13-5-6-14-3-1-4-15(14)9-13/h5-6,9,16-17,20H,1-4,7-8,10,12H2,(H,21,22)/t16-,17-/m0/s1. The van der Waals surface area contributed by atoms with E-state index >= 15 is 0 Å². The van der Waals surface area contributed by atoms with Crippen molar-refractivity contribution in [1.29, 1.82) is 5.26 Å². The Morgan fingerprint density at radius 3 is 3.13 bits per heavy atom. The highest BCUT2D eigenvalue weighted by Gasteiger charge is 2.23. The van der Waals surface area contributed by atoms with Gasteiger partial charge in [-0.05, 0) is 48.9 Å². The summed E-state index contributed by atoms with van der Waals surface area (Å²) in [5, 5.41) is 15.4. The van der Waals surface area contributed by atoms with Crippen molar-refractivity contribution in [3.63, 3.8) is 0 Å². The second-order valence-corrected chi connectivity index (χ2v) is 6.27. The fourth-order valence-corrected chi connectivity index (χ4v) is 3.26. The van der Waals surface area contributed by atoms with E-state index in [0.29, 0.717) is 19.6 Å². The predicted molar refractivity (Wildman–Crippen MR) is 86.9 cm³/mol. The topological polar surface area (TPSA) is 74.2 Å². The Morgan fingerprint density at radius 2 is 2.26 bits per heavy atom. The molecular formula is C18H23N3O2. The first-order chi connectivity index (χ1) is 11.3. The van der Waals surface area contributed by atoms with Crippen LogP contribution >= 0.6 is 0 Å². The largest absolute Gasteiger partial charge is 0.367 e. The van der Waals surface area contributed by atoms with Crippen molar-refractivity contribution >= 4 is 5.91 Å². The quantitative estimate of drug-likeness (QED) is 0.873. The van der Waals surface area contributed by atoms with Crippen LogP contribution in [0.3, 0.4) is 0 Å². The fourth-order valence-electron chi connectivity index (χ4n) is 3.26. The lowest BCUT2D eigenvalue weighted by molar-refractivity contribution is -0.132. The number of fused-ring (bicyclic) bond motifs is 1. The minimum Gasteiger partial charge on any atom is -0.367 e. The molecule has 0 saturated carbocycles. The molecule has 0 aromatic heterocycles. The minimum atomic E-state index is -0.520. The molecule has 1 aliphatic heterocycles. The number of nitriles is 1. The average molecular weight is 313 g/mol. The van der Waals surface area contributed by atoms with E-state index in [4.69, 9.17) is 4.74 Å². The third-order valence-corrected chi connectivity index (χ3v) is 4.51. The smallest absolute Gasteiger partial charge is 0.251 e. The highest BCUT2D eigenvalue weighted by molar-refractivity contribution is 5.81. The molecule has 2 aliphatic rings. The summed E-state index contributed by atoms with van der Waals surface area (Å²) in [7, 11) is 0. The van der Waals surface area contributed by atoms with Gasteiger partial charge in [-0.1, -0.05) is 18.2 Å². The predicted octanol–water partition coefficient (Wildman–Crippen LogP) is 1.10. The van der Waals surface area contributed by atoms with Crippen molar-refractivity contribution in [2.75, 3.05) is 19.7 Å². The van der Waals surface area contributed by atoms with E-state index in [0.717, 1.165) is 31.4 Å². The van der Waals surface area contributed by atoms with Gasteiger partial charge < -0.3 is 15.4 Å². The highest BCUT2D eigenvalue weighted by atomic mass is 16.5. The van der Waals surface area contributed by atoms with E-state index in [-0.39, 0.29) is 5.91 Å². The zero-order chi connectivity index (χ0) is 16.1. The minimum absolute atomic E-state index is 0.202. The van der Waals surface area contributed by atoms with Crippen molar-refractivity contribution in [2.45, 2.75) is 44.2 Å². The molecule has 1 amide bonds. The van der Waals surface area contributed by atoms with Gasteiger partial charge in [-0.3, -0.25) is 4.79 Å². The van der Waals surface area contributed by atoms with Crippen LogP contribution in [0.4, 0.5) is 0 Å². The van der Waals surface area contributed by atoms with Gasteiger partial charge in [0.2, 0.25) is 0 Å². The lowest BCUT2D eigenvalue weighted by Gasteiger charge is -2.18. The van der Waals surface area contributed by atoms with Crippen LogP contribution in [-0.2, 0) is 28.8 Å². The number of carbonyl (C=O) groups excluding carboxylic acids is 1. The van der Waals surface area contributed by atoms with Crippen LogP contribution in [0.25, 0.3) is 0 Å². The van der Waals surface area contributed by atoms with Crippen LogP contribution in [0.5, 0.6) is 0 Å². The SMILES string of the molecule is N#C[C@H](Cc1ccc2c(c1)CCC2)NC(=O)[C@@H]1CNCCCO1. The zero-order valence-corrected chi connectivity index (χ0v) is 13.3. The van der Waals surface area contributed by atoms with Gasteiger partial charge in [0, 0.05) is 19.6 Å². The molecule has 0 bridgehead atoms. The molecule has 5 nitrogen and oxygen atoms in total. The molecule has 0 unspecified atom stereocenters. The van der Waals surface area contributed by atoms with Gasteiger partial charge in [-0.2, -0.15) is 5.26 Å². The number of carbonyl (C=O) groups is 1. The van der Waals surface area contributed by atoms with Crippen LogP contribution < -0.4 is 10.6 Å². The third kappa shape index (κ3) is 4.10. The van der Waals surface area contributed by atoms with E-state index < -0.39 is 12.1 Å². The van der Waals surface area contributed by atoms with E-state index in [1.807, 2.05) is 0 Å². The molecule has 1 fully saturated rings. The molecule has 122 valence electrons. The van der Waals surface area contributed by atoms with Crippen molar-refractivity contribution in [2.24, 2.45) is 0 Å². The van der Waals surface area contributed by atoms with Gasteiger partial charge in [0.15, 0.2) is 0 Å². The monoisotopic (exact) mass is 313 g/mol. The molecule has 0 radical (unpaired) electrons. The summed E-state index contributed by atoms with van der Waals surface area (Å²) >= 11 is 0. The van der Waals surface area contributed by atoms with Gasteiger partial charge in [0.25, 0.3) is 5.91 Å². The molecular weight excluding hydrogens is 290 g/mol. The van der Waals surface area contributed by atoms with Crippen LogP contribution in [0.1, 0.15) is 29.5 Å². The normalized spacial score (nSPS) is 21.8. The summed E-state index contributed by atoms with van der Waals surface area (Å²) in [6, 6.07) is 8.09. The molecule has 1 saturated heterocycles. The summed E-state index contributed by atoms with van der Waals surface area (Å²) in [5.74, 6) is -0.202. The van der Waals surface area contributed by atoms with E-state index in [1.165, 1.54) is 17.5 Å². The van der Waals surface area contributed by atoms with Crippen LogP contribution in [0, 0.1) is 11.3 Å². The Kier molecular flexibility index (Phi) is 5.27. The van der Waals surface area contributed by atoms with Gasteiger partial charge >= 0.3 is 0 Å². The maximum Gasteiger partial charge on any atom is 0.251 e. The maximum atomic E-state index is 12.3. The van der Waals surface area contributed by atoms with Gasteiger partial charge in [-0.25, -0.2) is 0 Å². The molecule has 23 heavy (non-hydrogen) atoms. The molecule has 1 heterocycles. The number of hydrogen-bond acceptors (Lipinski definition) is 4. The number of hydrogen-bond donors (Lipinski definition) is 2. The van der Waals surface area contributed by atoms with Crippen LogP contribution in [0.15, 0.2) is 18.2 Å². The van der Waals surface area contributed by atoms with Crippen LogP contribution in [-0.4, -0.2) is 37.7 Å². The van der Waals surface area contributed by atoms with E-state index in [1.54, 1.807) is 0 Å². The first-order valence-electron chi connectivity index (χ1n) is 8.39. The van der Waals surface area contributed by atoms with Crippen molar-refractivity contribution < 1.29 is 9.53 Å². The average Bonchev–Trinajstić information content (AvgIpc) is 2.85. The lowest BCUT2D eigenvalue weighted by Crippen LogP contribution is -2.46. The van der Waals surface area contributed by atoms with Crippen molar-refractivity contribution in [3.05, 3.63) is 34.9 Å². The van der Waals surface area contributed by atoms with Gasteiger partial charge in [0.05, 0.1) is 6.07 Å². The molecule has 2 N–H and O–H groups in total. The Morgan fingerprint density at radius 1 is 1.39 bits per heavy atom. The first kappa shape index (κ1) is 16.0. The number of amides is 1. The molecule has 5 heteroatoms. The van der Waals surface area contributed by atoms with E-state index in [2.05, 4.69) is 34.9 Å². The van der Waals surface area contributed by atoms with Crippen molar-refractivity contribution in [3.8, 4) is 6.07 Å². The summed E-state index contributed by atoms with van der Waals surface area (Å²) in [5.41, 5.74) is 3.92. The molecule has 1 aliphatic carbocycles. The maximum absolute atomic E-state index is 12.3. The molecule has 1 aromatic rings. The highest BCUT2D eigenvalue weighted by Crippen LogP contribution is 2.23. The summed E-state index contributed by atoms with van der Waals surface area (Å²) in [4.78, 5) is 12.3. The number of rotatable bonds is 4. The Labute approximate surface area is 137 Å². The Balaban J connectivity index is 1.59. The number of ether oxygens (including phenoxy) is 1. The fraction of sp³-hybridized carbons (Fsp3) is 0.556. The number of aryl methyl sites for hydroxylation is 2. The summed E-state index contributed by atoms with van der Waals surface area (Å²) in [6.07, 6.45) is 4.42. The van der Waals surface area contributed by atoms with Gasteiger partial charge in [0.1, 0.15) is 12.1 Å². The van der Waals surface area contributed by atoms with E-state index in [9.17, 15) is 10.1 Å². The molecule has 1 aromatic carbocycles. The Hall–Kier alpha value is -1.90. The number of benzene rings is 1. The summed E-state index contributed by atoms with van der Waals surface area (Å²) in [6.45, 7) is 1.94. The van der Waals surface area contributed by atoms with Crippen LogP contribution in [0.2, 0.25) is 0 Å². The number of nitrogens with one attached hydrogen (secondary N) is 2. The second kappa shape index (κ2) is 7.58. The lowest BCUT2D eigenvalue weighted by atomic mass is 10.0. The van der Waals surface area contributed by atoms with Crippen molar-refractivity contribution in [1.82, 2.24) is 10.6 Å². The molecule has 3 rings (SSSR count). The number of nitrogens with zero attached hydrogens (tertiary/aromatic N) is 1. The molecule has 2 atom stereocenters. The Bertz CT molecular complexity index is 601. The second-order valence-electron chi connectivity index (χ2n) is 6.27. The third-order valence-electron chi connectivity index (χ3n) is 4.51. The van der Waals surface area contributed by atoms with Gasteiger partial charge in [-0.15, -0.1) is 0 Å². The zero-order valence-electron chi connectivity index (χ0n) is 13.3. The summed E-state index contributed by atoms with van der Waals surface area (Å²) < 4.78 is 5.54.